The molecule has 2 aliphatic rings. The summed E-state index contributed by atoms with van der Waals surface area (Å²) < 4.78 is 0. The highest BCUT2D eigenvalue weighted by Gasteiger charge is 2.40. The van der Waals surface area contributed by atoms with E-state index < -0.39 is 0 Å². The van der Waals surface area contributed by atoms with Crippen LogP contribution in [0.25, 0.3) is 0 Å². The van der Waals surface area contributed by atoms with E-state index in [9.17, 15) is 10.2 Å². The van der Waals surface area contributed by atoms with Crippen LogP contribution < -0.4 is 0 Å². The van der Waals surface area contributed by atoms with Crippen molar-refractivity contribution < 1.29 is 10.2 Å². The number of hydrogen-bond acceptors (Lipinski definition) is 2. The number of unbranched alkanes of at least 4 members (excludes halogenated alkanes) is 4. The molecule has 33 heavy (non-hydrogen) atoms. The normalized spacial score (nSPS) is 23.4. The first-order valence-corrected chi connectivity index (χ1v) is 13.7. The lowest BCUT2D eigenvalue weighted by Gasteiger charge is -2.44. The minimum atomic E-state index is -0.00636. The molecule has 2 saturated carbocycles. The Hall–Kier alpha value is -1.96. The molecule has 2 N–H and O–H groups in total. The summed E-state index contributed by atoms with van der Waals surface area (Å²) >= 11 is 0. The summed E-state index contributed by atoms with van der Waals surface area (Å²) in [7, 11) is 0. The minimum absolute atomic E-state index is 0.00636. The van der Waals surface area contributed by atoms with Crippen LogP contribution in [0.4, 0.5) is 0 Å². The van der Waals surface area contributed by atoms with Crippen LogP contribution in [0.3, 0.4) is 0 Å². The SMILES string of the molecule is CCCCCCC[C@H]1CC[C@H](C2CCC(c3ccc(O)cc3)(c3ccc(O)cc3)CC2)CC1. The molecule has 0 aliphatic heterocycles. The number of phenolic OH excluding ortho intramolecular Hbond substituents is 2. The van der Waals surface area contributed by atoms with E-state index in [1.54, 1.807) is 0 Å². The predicted molar refractivity (Wildman–Crippen MR) is 138 cm³/mol. The zero-order chi connectivity index (χ0) is 23.1. The van der Waals surface area contributed by atoms with E-state index in [0.717, 1.165) is 30.6 Å². The van der Waals surface area contributed by atoms with Gasteiger partial charge in [-0.25, -0.2) is 0 Å². The van der Waals surface area contributed by atoms with Gasteiger partial charge in [0.05, 0.1) is 0 Å². The zero-order valence-electron chi connectivity index (χ0n) is 20.6. The largest absolute Gasteiger partial charge is 0.508 e. The fourth-order valence-electron chi connectivity index (χ4n) is 6.89. The van der Waals surface area contributed by atoms with Gasteiger partial charge in [0.1, 0.15) is 11.5 Å². The summed E-state index contributed by atoms with van der Waals surface area (Å²) in [6, 6.07) is 15.7. The maximum atomic E-state index is 9.84. The van der Waals surface area contributed by atoms with Gasteiger partial charge < -0.3 is 10.2 Å². The van der Waals surface area contributed by atoms with Crippen LogP contribution in [0.5, 0.6) is 11.5 Å². The molecule has 0 heterocycles. The predicted octanol–water partition coefficient (Wildman–Crippen LogP) is 8.74. The highest BCUT2D eigenvalue weighted by Crippen LogP contribution is 2.50. The Morgan fingerprint density at radius 3 is 1.64 bits per heavy atom. The average molecular weight is 449 g/mol. The average Bonchev–Trinajstić information content (AvgIpc) is 2.85. The van der Waals surface area contributed by atoms with E-state index in [1.807, 2.05) is 24.3 Å². The van der Waals surface area contributed by atoms with Gasteiger partial charge in [-0.15, -0.1) is 0 Å². The van der Waals surface area contributed by atoms with Crippen molar-refractivity contribution in [3.05, 3.63) is 59.7 Å². The molecule has 2 aliphatic carbocycles. The lowest BCUT2D eigenvalue weighted by atomic mass is 9.60. The van der Waals surface area contributed by atoms with Crippen molar-refractivity contribution in [3.63, 3.8) is 0 Å². The molecule has 0 atom stereocenters. The highest BCUT2D eigenvalue weighted by atomic mass is 16.3. The fraction of sp³-hybridized carbons (Fsp3) is 0.613. The van der Waals surface area contributed by atoms with Gasteiger partial charge in [0, 0.05) is 5.41 Å². The molecule has 180 valence electrons. The van der Waals surface area contributed by atoms with Crippen molar-refractivity contribution in [1.29, 1.82) is 0 Å². The fourth-order valence-corrected chi connectivity index (χ4v) is 6.89. The van der Waals surface area contributed by atoms with Crippen LogP contribution >= 0.6 is 0 Å². The molecule has 0 aromatic heterocycles. The van der Waals surface area contributed by atoms with Gasteiger partial charge in [-0.2, -0.15) is 0 Å². The molecule has 0 bridgehead atoms. The second-order valence-corrected chi connectivity index (χ2v) is 11.0. The number of rotatable bonds is 9. The van der Waals surface area contributed by atoms with Gasteiger partial charge in [0.15, 0.2) is 0 Å². The van der Waals surface area contributed by atoms with Crippen molar-refractivity contribution in [2.75, 3.05) is 0 Å². The standard InChI is InChI=1S/C31H44O2/c1-2-3-4-5-6-7-24-8-10-25(11-9-24)26-20-22-31(23-21-26,27-12-16-29(32)17-13-27)28-14-18-30(33)19-15-28/h12-19,24-26,32-33H,2-11,20-23H2,1H3/t24-,25-. The lowest BCUT2D eigenvalue weighted by molar-refractivity contribution is 0.140. The van der Waals surface area contributed by atoms with Crippen LogP contribution in [0, 0.1) is 17.8 Å². The molecular weight excluding hydrogens is 404 g/mol. The van der Waals surface area contributed by atoms with Crippen molar-refractivity contribution >= 4 is 0 Å². The molecule has 0 radical (unpaired) electrons. The quantitative estimate of drug-likeness (QED) is 0.376. The van der Waals surface area contributed by atoms with Gasteiger partial charge in [-0.3, -0.25) is 0 Å². The Bertz CT molecular complexity index is 775. The van der Waals surface area contributed by atoms with Crippen LogP contribution in [-0.2, 0) is 5.41 Å². The first kappa shape index (κ1) is 24.2. The van der Waals surface area contributed by atoms with Gasteiger partial charge >= 0.3 is 0 Å². The number of aromatic hydroxyl groups is 2. The summed E-state index contributed by atoms with van der Waals surface area (Å²) in [6.45, 7) is 2.30. The summed E-state index contributed by atoms with van der Waals surface area (Å²) in [5, 5.41) is 19.7. The molecule has 2 heteroatoms. The minimum Gasteiger partial charge on any atom is -0.508 e. The maximum absolute atomic E-state index is 9.84. The second-order valence-electron chi connectivity index (χ2n) is 11.0. The summed E-state index contributed by atoms with van der Waals surface area (Å²) in [5.41, 5.74) is 2.60. The maximum Gasteiger partial charge on any atom is 0.115 e. The molecule has 4 rings (SSSR count). The summed E-state index contributed by atoms with van der Waals surface area (Å²) in [6.07, 6.45) is 19.2. The molecule has 2 fully saturated rings. The van der Waals surface area contributed by atoms with Gasteiger partial charge in [0.25, 0.3) is 0 Å². The van der Waals surface area contributed by atoms with E-state index in [4.69, 9.17) is 0 Å². The van der Waals surface area contributed by atoms with Crippen molar-refractivity contribution in [2.45, 2.75) is 102 Å². The molecule has 2 aromatic rings. The molecule has 0 saturated heterocycles. The van der Waals surface area contributed by atoms with Crippen molar-refractivity contribution in [3.8, 4) is 11.5 Å². The lowest BCUT2D eigenvalue weighted by Crippen LogP contribution is -2.35. The van der Waals surface area contributed by atoms with E-state index in [2.05, 4.69) is 31.2 Å². The van der Waals surface area contributed by atoms with E-state index >= 15 is 0 Å². The van der Waals surface area contributed by atoms with E-state index in [1.165, 1.54) is 88.2 Å². The smallest absolute Gasteiger partial charge is 0.115 e. The summed E-state index contributed by atoms with van der Waals surface area (Å²) in [5.74, 6) is 3.42. The van der Waals surface area contributed by atoms with Crippen molar-refractivity contribution in [1.82, 2.24) is 0 Å². The van der Waals surface area contributed by atoms with E-state index in [-0.39, 0.29) is 5.41 Å². The third-order valence-corrected chi connectivity index (χ3v) is 9.00. The summed E-state index contributed by atoms with van der Waals surface area (Å²) in [4.78, 5) is 0. The first-order chi connectivity index (χ1) is 16.1. The number of phenols is 2. The molecule has 0 spiro atoms. The monoisotopic (exact) mass is 448 g/mol. The Balaban J connectivity index is 1.35. The Labute approximate surface area is 201 Å². The molecule has 0 amide bonds. The first-order valence-electron chi connectivity index (χ1n) is 13.7. The topological polar surface area (TPSA) is 40.5 Å². The van der Waals surface area contributed by atoms with Crippen LogP contribution in [0.15, 0.2) is 48.5 Å². The molecular formula is C31H44O2. The van der Waals surface area contributed by atoms with Gasteiger partial charge in [-0.05, 0) is 91.7 Å². The second kappa shape index (κ2) is 11.4. The third kappa shape index (κ3) is 5.94. The van der Waals surface area contributed by atoms with Crippen LogP contribution in [0.1, 0.15) is 108 Å². The Morgan fingerprint density at radius 1 is 0.636 bits per heavy atom. The highest BCUT2D eigenvalue weighted by molar-refractivity contribution is 5.43. The molecule has 2 nitrogen and oxygen atoms in total. The van der Waals surface area contributed by atoms with Crippen molar-refractivity contribution in [2.24, 2.45) is 17.8 Å². The van der Waals surface area contributed by atoms with Crippen LogP contribution in [-0.4, -0.2) is 10.2 Å². The molecule has 0 unspecified atom stereocenters. The molecule has 2 aromatic carbocycles. The van der Waals surface area contributed by atoms with Gasteiger partial charge in [-0.1, -0.05) is 82.6 Å². The zero-order valence-corrected chi connectivity index (χ0v) is 20.6. The van der Waals surface area contributed by atoms with E-state index in [0.29, 0.717) is 11.5 Å². The Morgan fingerprint density at radius 2 is 1.12 bits per heavy atom. The third-order valence-electron chi connectivity index (χ3n) is 9.00. The van der Waals surface area contributed by atoms with Crippen LogP contribution in [0.2, 0.25) is 0 Å². The number of hydrogen-bond donors (Lipinski definition) is 2. The Kier molecular flexibility index (Phi) is 8.39. The van der Waals surface area contributed by atoms with Gasteiger partial charge in [0.2, 0.25) is 0 Å². The number of benzene rings is 2.